The number of halogens is 3. The number of benzene rings is 1. The van der Waals surface area contributed by atoms with Gasteiger partial charge in [-0.25, -0.2) is 9.97 Å². The van der Waals surface area contributed by atoms with E-state index in [2.05, 4.69) is 45.0 Å². The fraction of sp³-hybridized carbons (Fsp3) is 0.346. The van der Waals surface area contributed by atoms with Crippen molar-refractivity contribution in [1.82, 2.24) is 19.4 Å². The number of nitrogens with zero attached hydrogens (tertiary/aromatic N) is 5. The van der Waals surface area contributed by atoms with Gasteiger partial charge in [0.1, 0.15) is 28.7 Å². The van der Waals surface area contributed by atoms with Gasteiger partial charge in [0.25, 0.3) is 0 Å². The van der Waals surface area contributed by atoms with Crippen LogP contribution in [0.1, 0.15) is 29.0 Å². The van der Waals surface area contributed by atoms with Gasteiger partial charge in [-0.15, -0.1) is 11.3 Å². The van der Waals surface area contributed by atoms with Crippen LogP contribution >= 0.6 is 11.3 Å². The van der Waals surface area contributed by atoms with E-state index < -0.39 is 12.6 Å². The summed E-state index contributed by atoms with van der Waals surface area (Å²) in [6.45, 7) is 6.71. The van der Waals surface area contributed by atoms with Crippen molar-refractivity contribution < 1.29 is 13.2 Å². The maximum atomic E-state index is 12.8. The minimum absolute atomic E-state index is 0.180. The van der Waals surface area contributed by atoms with Gasteiger partial charge in [0, 0.05) is 47.2 Å². The molecule has 0 atom stereocenters. The lowest BCUT2D eigenvalue weighted by Crippen LogP contribution is -2.38. The maximum absolute atomic E-state index is 12.8. The van der Waals surface area contributed by atoms with E-state index in [0.29, 0.717) is 34.0 Å². The molecular formula is C26H26F3N7S. The van der Waals surface area contributed by atoms with Crippen LogP contribution in [0.15, 0.2) is 48.9 Å². The molecule has 0 aliphatic carbocycles. The first-order valence-corrected chi connectivity index (χ1v) is 12.7. The molecule has 4 heterocycles. The number of nitrogens with two attached hydrogens (primary N) is 1. The number of anilines is 1. The minimum Gasteiger partial charge on any atom is -0.401 e. The largest absolute Gasteiger partial charge is 0.401 e. The zero-order chi connectivity index (χ0) is 26.2. The Labute approximate surface area is 216 Å². The lowest BCUT2D eigenvalue weighted by atomic mass is 10.0. The monoisotopic (exact) mass is 525 g/mol. The lowest BCUT2D eigenvalue weighted by Gasteiger charge is -2.32. The zero-order valence-electron chi connectivity index (χ0n) is 20.1. The highest BCUT2D eigenvalue weighted by molar-refractivity contribution is 7.18. The second kappa shape index (κ2) is 10.0. The smallest absolute Gasteiger partial charge is 0.393 e. The standard InChI is InChI=1S/C26H26F3N7S/c1-16(31)13-36-20(12-30)9-18-8-17(2-3-23(18)36)14-35-6-4-19(5-7-35)34-24-22-10-21(11-26(27,28)29)37-25(22)33-15-32-24/h2-3,8-10,15,19H,1,4-7,11,13-14,31H2,(H,32,33,34). The van der Waals surface area contributed by atoms with Gasteiger partial charge in [-0.3, -0.25) is 4.90 Å². The van der Waals surface area contributed by atoms with Gasteiger partial charge in [-0.1, -0.05) is 12.6 Å². The molecule has 0 bridgehead atoms. The SMILES string of the molecule is C=C(N)Cn1c(C#N)cc2cc(CN3CCC(Nc4ncnc5sc(CC(F)(F)F)cc45)CC3)ccc21. The van der Waals surface area contributed by atoms with Crippen molar-refractivity contribution in [3.8, 4) is 6.07 Å². The molecule has 11 heteroatoms. The topological polar surface area (TPSA) is 95.8 Å². The van der Waals surface area contributed by atoms with E-state index in [1.165, 1.54) is 11.9 Å². The van der Waals surface area contributed by atoms with E-state index >= 15 is 0 Å². The lowest BCUT2D eigenvalue weighted by molar-refractivity contribution is -0.126. The van der Waals surface area contributed by atoms with Crippen molar-refractivity contribution in [2.45, 2.75) is 44.6 Å². The molecule has 192 valence electrons. The van der Waals surface area contributed by atoms with Crippen LogP contribution in [-0.2, 0) is 19.5 Å². The summed E-state index contributed by atoms with van der Waals surface area (Å²) in [5, 5.41) is 14.6. The Bertz CT molecular complexity index is 1490. The van der Waals surface area contributed by atoms with Crippen LogP contribution in [0.4, 0.5) is 19.0 Å². The highest BCUT2D eigenvalue weighted by atomic mass is 32.1. The maximum Gasteiger partial charge on any atom is 0.393 e. The molecule has 0 saturated carbocycles. The van der Waals surface area contributed by atoms with E-state index in [1.807, 2.05) is 16.7 Å². The molecule has 0 unspecified atom stereocenters. The van der Waals surface area contributed by atoms with Gasteiger partial charge in [-0.05, 0) is 42.7 Å². The van der Waals surface area contributed by atoms with E-state index in [1.54, 1.807) is 6.07 Å². The predicted octanol–water partition coefficient (Wildman–Crippen LogP) is 5.17. The Morgan fingerprint density at radius 3 is 2.70 bits per heavy atom. The number of alkyl halides is 3. The number of likely N-dealkylation sites (tertiary alicyclic amines) is 1. The van der Waals surface area contributed by atoms with Gasteiger partial charge in [0.05, 0.1) is 18.4 Å². The molecule has 3 N–H and O–H groups in total. The number of fused-ring (bicyclic) bond motifs is 2. The predicted molar refractivity (Wildman–Crippen MR) is 139 cm³/mol. The average Bonchev–Trinajstić information content (AvgIpc) is 3.39. The fourth-order valence-electron chi connectivity index (χ4n) is 4.88. The van der Waals surface area contributed by atoms with Crippen molar-refractivity contribution in [3.05, 3.63) is 65.1 Å². The first-order valence-electron chi connectivity index (χ1n) is 11.9. The van der Waals surface area contributed by atoms with E-state index in [-0.39, 0.29) is 10.9 Å². The van der Waals surface area contributed by atoms with Crippen molar-refractivity contribution in [3.63, 3.8) is 0 Å². The second-order valence-corrected chi connectivity index (χ2v) is 10.5. The second-order valence-electron chi connectivity index (χ2n) is 9.42. The molecule has 4 aromatic rings. The summed E-state index contributed by atoms with van der Waals surface area (Å²) in [6.07, 6.45) is -2.02. The van der Waals surface area contributed by atoms with Crippen molar-refractivity contribution in [2.75, 3.05) is 18.4 Å². The van der Waals surface area contributed by atoms with Gasteiger partial charge >= 0.3 is 6.18 Å². The van der Waals surface area contributed by atoms with Crippen molar-refractivity contribution in [2.24, 2.45) is 5.73 Å². The summed E-state index contributed by atoms with van der Waals surface area (Å²) < 4.78 is 40.3. The summed E-state index contributed by atoms with van der Waals surface area (Å²) in [5.41, 5.74) is 8.96. The summed E-state index contributed by atoms with van der Waals surface area (Å²) in [7, 11) is 0. The van der Waals surface area contributed by atoms with Crippen LogP contribution in [0.25, 0.3) is 21.1 Å². The molecular weight excluding hydrogens is 499 g/mol. The highest BCUT2D eigenvalue weighted by Gasteiger charge is 2.29. The highest BCUT2D eigenvalue weighted by Crippen LogP contribution is 2.33. The quantitative estimate of drug-likeness (QED) is 0.346. The molecule has 1 aromatic carbocycles. The normalized spacial score (nSPS) is 15.3. The van der Waals surface area contributed by atoms with Crippen LogP contribution < -0.4 is 11.1 Å². The average molecular weight is 526 g/mol. The zero-order valence-corrected chi connectivity index (χ0v) is 20.9. The molecule has 0 spiro atoms. The van der Waals surface area contributed by atoms with Gasteiger partial charge < -0.3 is 15.6 Å². The van der Waals surface area contributed by atoms with Crippen LogP contribution in [0.3, 0.4) is 0 Å². The number of nitrogens with one attached hydrogen (secondary N) is 1. The molecule has 1 saturated heterocycles. The van der Waals surface area contributed by atoms with E-state index in [4.69, 9.17) is 5.73 Å². The fourth-order valence-corrected chi connectivity index (χ4v) is 5.90. The summed E-state index contributed by atoms with van der Waals surface area (Å²) >= 11 is 1.06. The molecule has 37 heavy (non-hydrogen) atoms. The minimum atomic E-state index is -4.25. The molecule has 0 amide bonds. The van der Waals surface area contributed by atoms with Crippen molar-refractivity contribution >= 4 is 38.3 Å². The third kappa shape index (κ3) is 5.70. The van der Waals surface area contributed by atoms with E-state index in [9.17, 15) is 18.4 Å². The molecule has 7 nitrogen and oxygen atoms in total. The third-order valence-electron chi connectivity index (χ3n) is 6.53. The number of allylic oxidation sites excluding steroid dienone is 1. The first-order chi connectivity index (χ1) is 17.7. The Balaban J connectivity index is 1.22. The van der Waals surface area contributed by atoms with Gasteiger partial charge in [0.2, 0.25) is 0 Å². The van der Waals surface area contributed by atoms with Gasteiger partial charge in [0.15, 0.2) is 0 Å². The third-order valence-corrected chi connectivity index (χ3v) is 7.57. The molecule has 3 aromatic heterocycles. The molecule has 1 fully saturated rings. The van der Waals surface area contributed by atoms with Crippen LogP contribution in [0.5, 0.6) is 0 Å². The van der Waals surface area contributed by atoms with Crippen molar-refractivity contribution in [1.29, 1.82) is 5.26 Å². The molecule has 0 radical (unpaired) electrons. The Kier molecular flexibility index (Phi) is 6.79. The Morgan fingerprint density at radius 1 is 1.22 bits per heavy atom. The molecule has 5 rings (SSSR count). The Hall–Kier alpha value is -3.62. The number of nitriles is 1. The number of rotatable bonds is 7. The summed E-state index contributed by atoms with van der Waals surface area (Å²) in [4.78, 5) is 11.6. The van der Waals surface area contributed by atoms with Crippen LogP contribution in [-0.4, -0.2) is 44.7 Å². The van der Waals surface area contributed by atoms with Crippen LogP contribution in [0, 0.1) is 11.3 Å². The first kappa shape index (κ1) is 25.0. The number of aromatic nitrogens is 3. The summed E-state index contributed by atoms with van der Waals surface area (Å²) in [6, 6.07) is 12.1. The van der Waals surface area contributed by atoms with Gasteiger partial charge in [-0.2, -0.15) is 18.4 Å². The number of hydrogen-bond donors (Lipinski definition) is 2. The molecule has 1 aliphatic rings. The van der Waals surface area contributed by atoms with E-state index in [0.717, 1.165) is 54.7 Å². The number of hydrogen-bond acceptors (Lipinski definition) is 7. The van der Waals surface area contributed by atoms with Crippen LogP contribution in [0.2, 0.25) is 0 Å². The number of thiophene rings is 1. The molecule has 1 aliphatic heterocycles. The summed E-state index contributed by atoms with van der Waals surface area (Å²) in [5.74, 6) is 0.594. The number of piperidine rings is 1. The Morgan fingerprint density at radius 2 is 2.00 bits per heavy atom.